The van der Waals surface area contributed by atoms with E-state index in [1.54, 1.807) is 0 Å². The van der Waals surface area contributed by atoms with Gasteiger partial charge in [0, 0.05) is 29.6 Å². The van der Waals surface area contributed by atoms with Crippen molar-refractivity contribution in [1.82, 2.24) is 4.90 Å². The van der Waals surface area contributed by atoms with Crippen molar-refractivity contribution >= 4 is 0 Å². The minimum absolute atomic E-state index is 0.545. The van der Waals surface area contributed by atoms with Crippen LogP contribution in [0.3, 0.4) is 0 Å². The quantitative estimate of drug-likeness (QED) is 0.742. The van der Waals surface area contributed by atoms with Gasteiger partial charge < -0.3 is 10.6 Å². The fraction of sp³-hybridized carbons (Fsp3) is 0.500. The predicted molar refractivity (Wildman–Crippen MR) is 61.3 cm³/mol. The first-order chi connectivity index (χ1) is 6.52. The normalized spacial score (nSPS) is 21.8. The molecule has 2 heteroatoms. The van der Waals surface area contributed by atoms with E-state index in [2.05, 4.69) is 31.6 Å². The van der Waals surface area contributed by atoms with Gasteiger partial charge in [0.2, 0.25) is 0 Å². The Morgan fingerprint density at radius 2 is 2.21 bits per heavy atom. The van der Waals surface area contributed by atoms with E-state index in [4.69, 9.17) is 5.73 Å². The molecule has 0 amide bonds. The fourth-order valence-corrected chi connectivity index (χ4v) is 1.82. The van der Waals surface area contributed by atoms with Crippen molar-refractivity contribution < 1.29 is 0 Å². The van der Waals surface area contributed by atoms with Crippen LogP contribution < -0.4 is 5.73 Å². The maximum atomic E-state index is 5.52. The summed E-state index contributed by atoms with van der Waals surface area (Å²) < 4.78 is 0. The summed E-state index contributed by atoms with van der Waals surface area (Å²) in [6.45, 7) is 15.0. The van der Waals surface area contributed by atoms with E-state index in [1.165, 1.54) is 11.4 Å². The lowest BCUT2D eigenvalue weighted by Crippen LogP contribution is -2.18. The zero-order chi connectivity index (χ0) is 10.7. The van der Waals surface area contributed by atoms with Crippen LogP contribution >= 0.6 is 0 Å². The van der Waals surface area contributed by atoms with Gasteiger partial charge in [0.25, 0.3) is 0 Å². The van der Waals surface area contributed by atoms with Gasteiger partial charge in [0.15, 0.2) is 0 Å². The molecule has 14 heavy (non-hydrogen) atoms. The molecule has 1 aliphatic heterocycles. The third-order valence-electron chi connectivity index (χ3n) is 2.72. The Morgan fingerprint density at radius 3 is 2.64 bits per heavy atom. The molecule has 0 bridgehead atoms. The molecular formula is C12H20N2. The van der Waals surface area contributed by atoms with Crippen molar-refractivity contribution in [3.05, 3.63) is 36.8 Å². The summed E-state index contributed by atoms with van der Waals surface area (Å²) in [5.41, 5.74) is 8.65. The summed E-state index contributed by atoms with van der Waals surface area (Å²) in [5, 5.41) is 0. The largest absolute Gasteiger partial charge is 0.403 e. The lowest BCUT2D eigenvalue weighted by atomic mass is 10.1. The van der Waals surface area contributed by atoms with Crippen LogP contribution in [0.25, 0.3) is 0 Å². The van der Waals surface area contributed by atoms with Crippen LogP contribution in [0.2, 0.25) is 0 Å². The highest BCUT2D eigenvalue weighted by Crippen LogP contribution is 2.33. The summed E-state index contributed by atoms with van der Waals surface area (Å²) in [6, 6.07) is 0. The predicted octanol–water partition coefficient (Wildman–Crippen LogP) is 2.61. The molecule has 0 aliphatic carbocycles. The van der Waals surface area contributed by atoms with Gasteiger partial charge in [-0.2, -0.15) is 0 Å². The molecular weight excluding hydrogens is 172 g/mol. The molecule has 2 nitrogen and oxygen atoms in total. The van der Waals surface area contributed by atoms with Crippen molar-refractivity contribution in [2.24, 2.45) is 11.7 Å². The fourth-order valence-electron chi connectivity index (χ4n) is 1.82. The van der Waals surface area contributed by atoms with Crippen molar-refractivity contribution in [2.45, 2.75) is 26.2 Å². The molecule has 0 spiro atoms. The van der Waals surface area contributed by atoms with E-state index in [0.29, 0.717) is 5.92 Å². The molecule has 0 aromatic rings. The van der Waals surface area contributed by atoms with Gasteiger partial charge in [-0.1, -0.05) is 26.7 Å². The smallest absolute Gasteiger partial charge is 0.0228 e. The van der Waals surface area contributed by atoms with E-state index >= 15 is 0 Å². The minimum atomic E-state index is 0.545. The number of hydrogen-bond acceptors (Lipinski definition) is 2. The molecule has 2 N–H and O–H groups in total. The molecule has 0 aromatic heterocycles. The lowest BCUT2D eigenvalue weighted by Gasteiger charge is -2.21. The molecule has 1 heterocycles. The Balaban J connectivity index is 2.41. The zero-order valence-electron chi connectivity index (χ0n) is 9.05. The van der Waals surface area contributed by atoms with Gasteiger partial charge in [-0.3, -0.25) is 0 Å². The molecule has 0 aromatic carbocycles. The Kier molecular flexibility index (Phi) is 3.39. The SMILES string of the molecule is C=C(N)CCCN1C(=C)CC(C)C1=C. The molecule has 1 saturated heterocycles. The number of hydrogen-bond donors (Lipinski definition) is 1. The molecule has 1 atom stereocenters. The Hall–Kier alpha value is -1.18. The average molecular weight is 192 g/mol. The van der Waals surface area contributed by atoms with Crippen LogP contribution in [-0.2, 0) is 0 Å². The maximum Gasteiger partial charge on any atom is 0.0228 e. The number of allylic oxidation sites excluding steroid dienone is 3. The first-order valence-corrected chi connectivity index (χ1v) is 5.09. The van der Waals surface area contributed by atoms with Crippen LogP contribution in [0.1, 0.15) is 26.2 Å². The summed E-state index contributed by atoms with van der Waals surface area (Å²) in [7, 11) is 0. The standard InChI is InChI=1S/C12H20N2/c1-9-8-11(3)14(12(9)4)7-5-6-10(2)13/h9H,2-8,13H2,1H3. The van der Waals surface area contributed by atoms with Gasteiger partial charge in [0.05, 0.1) is 0 Å². The van der Waals surface area contributed by atoms with Crippen molar-refractivity contribution in [1.29, 1.82) is 0 Å². The highest BCUT2D eigenvalue weighted by molar-refractivity contribution is 5.19. The second-order valence-corrected chi connectivity index (χ2v) is 4.08. The molecule has 1 unspecified atom stereocenters. The minimum Gasteiger partial charge on any atom is -0.403 e. The van der Waals surface area contributed by atoms with Gasteiger partial charge in [-0.15, -0.1) is 0 Å². The molecule has 0 saturated carbocycles. The van der Waals surface area contributed by atoms with Crippen LogP contribution in [0.4, 0.5) is 0 Å². The Morgan fingerprint density at radius 1 is 1.57 bits per heavy atom. The molecule has 78 valence electrons. The van der Waals surface area contributed by atoms with Crippen LogP contribution in [0, 0.1) is 5.92 Å². The number of nitrogens with zero attached hydrogens (tertiary/aromatic N) is 1. The molecule has 0 radical (unpaired) electrons. The maximum absolute atomic E-state index is 5.52. The van der Waals surface area contributed by atoms with Crippen molar-refractivity contribution in [2.75, 3.05) is 6.54 Å². The first-order valence-electron chi connectivity index (χ1n) is 5.09. The highest BCUT2D eigenvalue weighted by atomic mass is 15.2. The van der Waals surface area contributed by atoms with Gasteiger partial charge >= 0.3 is 0 Å². The van der Waals surface area contributed by atoms with Gasteiger partial charge in [0.1, 0.15) is 0 Å². The van der Waals surface area contributed by atoms with E-state index in [9.17, 15) is 0 Å². The highest BCUT2D eigenvalue weighted by Gasteiger charge is 2.25. The summed E-state index contributed by atoms with van der Waals surface area (Å²) in [5.74, 6) is 0.545. The number of likely N-dealkylation sites (tertiary alicyclic amines) is 1. The van der Waals surface area contributed by atoms with Crippen molar-refractivity contribution in [3.8, 4) is 0 Å². The summed E-state index contributed by atoms with van der Waals surface area (Å²) >= 11 is 0. The number of rotatable bonds is 4. The monoisotopic (exact) mass is 192 g/mol. The van der Waals surface area contributed by atoms with E-state index in [1.807, 2.05) is 0 Å². The average Bonchev–Trinajstić information content (AvgIpc) is 2.31. The summed E-state index contributed by atoms with van der Waals surface area (Å²) in [6.07, 6.45) is 2.95. The van der Waals surface area contributed by atoms with Crippen molar-refractivity contribution in [3.63, 3.8) is 0 Å². The Bertz CT molecular complexity index is 265. The van der Waals surface area contributed by atoms with Gasteiger partial charge in [-0.05, 0) is 19.3 Å². The number of nitrogens with two attached hydrogens (primary N) is 1. The summed E-state index contributed by atoms with van der Waals surface area (Å²) in [4.78, 5) is 2.22. The van der Waals surface area contributed by atoms with E-state index < -0.39 is 0 Å². The van der Waals surface area contributed by atoms with Gasteiger partial charge in [-0.25, -0.2) is 0 Å². The second kappa shape index (κ2) is 4.36. The van der Waals surface area contributed by atoms with Crippen LogP contribution in [-0.4, -0.2) is 11.4 Å². The third kappa shape index (κ3) is 2.41. The Labute approximate surface area is 86.8 Å². The topological polar surface area (TPSA) is 29.3 Å². The first kappa shape index (κ1) is 10.9. The van der Waals surface area contributed by atoms with Crippen LogP contribution in [0.15, 0.2) is 36.8 Å². The van der Waals surface area contributed by atoms with Crippen LogP contribution in [0.5, 0.6) is 0 Å². The van der Waals surface area contributed by atoms with E-state index in [-0.39, 0.29) is 0 Å². The zero-order valence-corrected chi connectivity index (χ0v) is 9.05. The molecule has 1 fully saturated rings. The second-order valence-electron chi connectivity index (χ2n) is 4.08. The molecule has 1 rings (SSSR count). The third-order valence-corrected chi connectivity index (χ3v) is 2.72. The molecule has 1 aliphatic rings. The lowest BCUT2D eigenvalue weighted by molar-refractivity contribution is 0.437. The van der Waals surface area contributed by atoms with E-state index in [0.717, 1.165) is 31.5 Å².